The van der Waals surface area contributed by atoms with Crippen LogP contribution < -0.4 is 10.1 Å². The summed E-state index contributed by atoms with van der Waals surface area (Å²) in [5.74, 6) is 0.171. The summed E-state index contributed by atoms with van der Waals surface area (Å²) in [6.45, 7) is 9.33. The normalized spacial score (nSPS) is 21.3. The molecule has 1 fully saturated rings. The second-order valence-electron chi connectivity index (χ2n) is 9.12. The van der Waals surface area contributed by atoms with Crippen LogP contribution in [0.25, 0.3) is 0 Å². The zero-order valence-electron chi connectivity index (χ0n) is 20.5. The molecule has 0 aliphatic carbocycles. The maximum absolute atomic E-state index is 13.6. The van der Waals surface area contributed by atoms with Crippen LogP contribution in [0, 0.1) is 0 Å². The smallest absolute Gasteiger partial charge is 0.254 e. The van der Waals surface area contributed by atoms with E-state index in [1.807, 2.05) is 48.5 Å². The molecule has 2 aliphatic rings. The van der Waals surface area contributed by atoms with Crippen molar-refractivity contribution in [2.75, 3.05) is 60.0 Å². The van der Waals surface area contributed by atoms with Crippen molar-refractivity contribution in [1.82, 2.24) is 20.0 Å². The summed E-state index contributed by atoms with van der Waals surface area (Å²) in [5.41, 5.74) is 2.31. The van der Waals surface area contributed by atoms with Gasteiger partial charge in [-0.1, -0.05) is 37.3 Å². The van der Waals surface area contributed by atoms with Gasteiger partial charge in [0.05, 0.1) is 19.1 Å². The Labute approximate surface area is 202 Å². The van der Waals surface area contributed by atoms with Crippen LogP contribution in [0.2, 0.25) is 0 Å². The first-order valence-electron chi connectivity index (χ1n) is 12.3. The van der Waals surface area contributed by atoms with E-state index in [1.54, 1.807) is 19.1 Å². The molecule has 2 atom stereocenters. The Kier molecular flexibility index (Phi) is 7.85. The standard InChI is InChI=1S/C27H36N4O3/c1-4-30-16-18-31(19-17-30)15-7-14-28-26(32)24-22-8-5-6-9-23(22)27(33)29(2)25(24)20-10-12-21(34-3)13-11-20/h5-6,8-13,24-25H,4,7,14-19H2,1-3H3,(H,28,32)/t24-,25-/m0/s1. The third-order valence-electron chi connectivity index (χ3n) is 7.18. The van der Waals surface area contributed by atoms with Crippen LogP contribution in [0.1, 0.15) is 46.8 Å². The number of benzene rings is 2. The minimum Gasteiger partial charge on any atom is -0.497 e. The van der Waals surface area contributed by atoms with Gasteiger partial charge in [-0.05, 0) is 48.8 Å². The number of rotatable bonds is 8. The van der Waals surface area contributed by atoms with Crippen molar-refractivity contribution in [2.45, 2.75) is 25.3 Å². The number of hydrogen-bond acceptors (Lipinski definition) is 5. The number of carbonyl (C=O) groups excluding carboxylic acids is 2. The van der Waals surface area contributed by atoms with E-state index in [-0.39, 0.29) is 17.9 Å². The molecule has 34 heavy (non-hydrogen) atoms. The molecule has 0 aromatic heterocycles. The fraction of sp³-hybridized carbons (Fsp3) is 0.481. The molecular formula is C27H36N4O3. The maximum Gasteiger partial charge on any atom is 0.254 e. The average Bonchev–Trinajstić information content (AvgIpc) is 2.89. The van der Waals surface area contributed by atoms with Gasteiger partial charge in [0, 0.05) is 45.3 Å². The zero-order chi connectivity index (χ0) is 24.1. The van der Waals surface area contributed by atoms with Gasteiger partial charge in [-0.2, -0.15) is 0 Å². The van der Waals surface area contributed by atoms with Crippen LogP contribution in [0.15, 0.2) is 48.5 Å². The van der Waals surface area contributed by atoms with Gasteiger partial charge in [-0.3, -0.25) is 9.59 Å². The van der Waals surface area contributed by atoms with Gasteiger partial charge in [-0.25, -0.2) is 0 Å². The summed E-state index contributed by atoms with van der Waals surface area (Å²) in [7, 11) is 3.41. The molecule has 0 saturated carbocycles. The van der Waals surface area contributed by atoms with Gasteiger partial charge in [-0.15, -0.1) is 0 Å². The van der Waals surface area contributed by atoms with Crippen LogP contribution in [0.5, 0.6) is 5.75 Å². The van der Waals surface area contributed by atoms with Crippen molar-refractivity contribution >= 4 is 11.8 Å². The number of nitrogens with one attached hydrogen (secondary N) is 1. The van der Waals surface area contributed by atoms with Crippen molar-refractivity contribution in [1.29, 1.82) is 0 Å². The fourth-order valence-corrected chi connectivity index (χ4v) is 5.13. The van der Waals surface area contributed by atoms with E-state index in [2.05, 4.69) is 22.0 Å². The minimum atomic E-state index is -0.472. The number of ether oxygens (including phenoxy) is 1. The average molecular weight is 465 g/mol. The molecular weight excluding hydrogens is 428 g/mol. The number of fused-ring (bicyclic) bond motifs is 1. The maximum atomic E-state index is 13.6. The summed E-state index contributed by atoms with van der Waals surface area (Å²) in [6, 6.07) is 14.7. The number of hydrogen-bond donors (Lipinski definition) is 1. The number of piperazine rings is 1. The van der Waals surface area contributed by atoms with Gasteiger partial charge in [0.1, 0.15) is 5.75 Å². The lowest BCUT2D eigenvalue weighted by Crippen LogP contribution is -2.47. The molecule has 4 rings (SSSR count). The summed E-state index contributed by atoms with van der Waals surface area (Å²) < 4.78 is 5.30. The molecule has 0 unspecified atom stereocenters. The predicted octanol–water partition coefficient (Wildman–Crippen LogP) is 2.75. The Morgan fingerprint density at radius 1 is 1.03 bits per heavy atom. The highest BCUT2D eigenvalue weighted by molar-refractivity contribution is 6.01. The first-order chi connectivity index (χ1) is 16.5. The molecule has 2 aliphatic heterocycles. The van der Waals surface area contributed by atoms with Crippen molar-refractivity contribution in [2.24, 2.45) is 0 Å². The van der Waals surface area contributed by atoms with Crippen molar-refractivity contribution in [3.05, 3.63) is 65.2 Å². The number of nitrogens with zero attached hydrogens (tertiary/aromatic N) is 3. The molecule has 1 saturated heterocycles. The fourth-order valence-electron chi connectivity index (χ4n) is 5.13. The second kappa shape index (κ2) is 11.0. The topological polar surface area (TPSA) is 65.1 Å². The summed E-state index contributed by atoms with van der Waals surface area (Å²) >= 11 is 0. The van der Waals surface area contributed by atoms with E-state index in [9.17, 15) is 9.59 Å². The van der Waals surface area contributed by atoms with Crippen LogP contribution in [-0.2, 0) is 4.79 Å². The Balaban J connectivity index is 1.47. The number of methoxy groups -OCH3 is 1. The number of amides is 2. The summed E-state index contributed by atoms with van der Waals surface area (Å²) in [6.07, 6.45) is 0.911. The molecule has 2 aromatic carbocycles. The van der Waals surface area contributed by atoms with Crippen LogP contribution in [-0.4, -0.2) is 86.5 Å². The Bertz CT molecular complexity index is 986. The number of carbonyl (C=O) groups is 2. The molecule has 0 radical (unpaired) electrons. The SMILES string of the molecule is CCN1CCN(CCCNC(=O)[C@H]2c3ccccc3C(=O)N(C)[C@H]2c2ccc(OC)cc2)CC1. The predicted molar refractivity (Wildman–Crippen MR) is 133 cm³/mol. The lowest BCUT2D eigenvalue weighted by molar-refractivity contribution is -0.124. The third-order valence-corrected chi connectivity index (χ3v) is 7.18. The summed E-state index contributed by atoms with van der Waals surface area (Å²) in [5, 5.41) is 3.17. The molecule has 2 aromatic rings. The highest BCUT2D eigenvalue weighted by Crippen LogP contribution is 2.42. The van der Waals surface area contributed by atoms with Crippen molar-refractivity contribution < 1.29 is 14.3 Å². The van der Waals surface area contributed by atoms with Gasteiger partial charge < -0.3 is 24.8 Å². The quantitative estimate of drug-likeness (QED) is 0.609. The van der Waals surface area contributed by atoms with Gasteiger partial charge in [0.25, 0.3) is 5.91 Å². The lowest BCUT2D eigenvalue weighted by Gasteiger charge is -2.40. The van der Waals surface area contributed by atoms with E-state index in [0.29, 0.717) is 12.1 Å². The zero-order valence-corrected chi connectivity index (χ0v) is 20.5. The van der Waals surface area contributed by atoms with Crippen molar-refractivity contribution in [3.8, 4) is 5.75 Å². The highest BCUT2D eigenvalue weighted by atomic mass is 16.5. The molecule has 7 nitrogen and oxygen atoms in total. The van der Waals surface area contributed by atoms with E-state index in [1.165, 1.54) is 0 Å². The molecule has 1 N–H and O–H groups in total. The van der Waals surface area contributed by atoms with Crippen molar-refractivity contribution in [3.63, 3.8) is 0 Å². The van der Waals surface area contributed by atoms with Gasteiger partial charge in [0.15, 0.2) is 0 Å². The summed E-state index contributed by atoms with van der Waals surface area (Å²) in [4.78, 5) is 33.3. The highest BCUT2D eigenvalue weighted by Gasteiger charge is 2.42. The van der Waals surface area contributed by atoms with E-state index in [0.717, 1.165) is 62.6 Å². The lowest BCUT2D eigenvalue weighted by atomic mass is 9.79. The molecule has 0 spiro atoms. The van der Waals surface area contributed by atoms with Crippen LogP contribution >= 0.6 is 0 Å². The Hall–Kier alpha value is -2.90. The Morgan fingerprint density at radius 3 is 2.38 bits per heavy atom. The van der Waals surface area contributed by atoms with E-state index < -0.39 is 5.92 Å². The Morgan fingerprint density at radius 2 is 1.71 bits per heavy atom. The van der Waals surface area contributed by atoms with Gasteiger partial charge in [0.2, 0.25) is 5.91 Å². The largest absolute Gasteiger partial charge is 0.497 e. The van der Waals surface area contributed by atoms with Gasteiger partial charge >= 0.3 is 0 Å². The first kappa shape index (κ1) is 24.2. The number of likely N-dealkylation sites (N-methyl/N-ethyl adjacent to an activating group) is 2. The molecule has 182 valence electrons. The molecule has 2 amide bonds. The minimum absolute atomic E-state index is 0.0385. The van der Waals surface area contributed by atoms with Crippen LogP contribution in [0.3, 0.4) is 0 Å². The monoisotopic (exact) mass is 464 g/mol. The van der Waals surface area contributed by atoms with E-state index in [4.69, 9.17) is 4.74 Å². The molecule has 7 heteroatoms. The first-order valence-corrected chi connectivity index (χ1v) is 12.3. The molecule has 0 bridgehead atoms. The second-order valence-corrected chi connectivity index (χ2v) is 9.12. The third kappa shape index (κ3) is 5.10. The molecule has 2 heterocycles. The van der Waals surface area contributed by atoms with Crippen LogP contribution in [0.4, 0.5) is 0 Å². The van der Waals surface area contributed by atoms with E-state index >= 15 is 0 Å².